The number of thioether (sulfide) groups is 1. The van der Waals surface area contributed by atoms with Gasteiger partial charge in [0.2, 0.25) is 0 Å². The lowest BCUT2D eigenvalue weighted by atomic mass is 10.0. The molecule has 0 bridgehead atoms. The highest BCUT2D eigenvalue weighted by molar-refractivity contribution is 7.99. The van der Waals surface area contributed by atoms with Gasteiger partial charge in [0.05, 0.1) is 0 Å². The molecule has 112 valence electrons. The average molecular weight is 307 g/mol. The predicted molar refractivity (Wildman–Crippen MR) is 84.7 cm³/mol. The Hall–Kier alpha value is -1.39. The Morgan fingerprint density at radius 1 is 1.14 bits per heavy atom. The molecule has 2 aromatic carbocycles. The van der Waals surface area contributed by atoms with Crippen molar-refractivity contribution in [2.24, 2.45) is 0 Å². The van der Waals surface area contributed by atoms with E-state index in [0.29, 0.717) is 10.6 Å². The maximum Gasteiger partial charge on any atom is 0.136 e. The van der Waals surface area contributed by atoms with E-state index in [2.05, 4.69) is 5.32 Å². The van der Waals surface area contributed by atoms with Crippen molar-refractivity contribution in [1.29, 1.82) is 0 Å². The molecule has 2 rings (SSSR count). The first-order valence-electron chi connectivity index (χ1n) is 6.98. The van der Waals surface area contributed by atoms with Gasteiger partial charge in [-0.1, -0.05) is 25.1 Å². The molecule has 21 heavy (non-hydrogen) atoms. The van der Waals surface area contributed by atoms with Gasteiger partial charge >= 0.3 is 0 Å². The molecule has 1 unspecified atom stereocenters. The second kappa shape index (κ2) is 7.57. The van der Waals surface area contributed by atoms with Crippen LogP contribution in [-0.2, 0) is 0 Å². The van der Waals surface area contributed by atoms with Crippen molar-refractivity contribution < 1.29 is 8.78 Å². The molecule has 0 aliphatic rings. The zero-order chi connectivity index (χ0) is 15.2. The van der Waals surface area contributed by atoms with E-state index in [0.717, 1.165) is 17.7 Å². The molecular formula is C17H19F2NS. The van der Waals surface area contributed by atoms with Crippen LogP contribution >= 0.6 is 11.8 Å². The third-order valence-corrected chi connectivity index (χ3v) is 4.44. The highest BCUT2D eigenvalue weighted by Gasteiger charge is 2.14. The lowest BCUT2D eigenvalue weighted by Crippen LogP contribution is -2.23. The van der Waals surface area contributed by atoms with Crippen LogP contribution in [0.5, 0.6) is 0 Å². The van der Waals surface area contributed by atoms with E-state index >= 15 is 0 Å². The molecule has 4 heteroatoms. The molecule has 0 aromatic heterocycles. The van der Waals surface area contributed by atoms with E-state index in [1.807, 2.05) is 19.9 Å². The normalized spacial score (nSPS) is 12.4. The van der Waals surface area contributed by atoms with Crippen molar-refractivity contribution in [2.45, 2.75) is 24.8 Å². The Morgan fingerprint density at radius 3 is 2.57 bits per heavy atom. The van der Waals surface area contributed by atoms with Gasteiger partial charge in [0.15, 0.2) is 0 Å². The molecule has 0 aliphatic carbocycles. The number of benzene rings is 2. The second-order valence-electron chi connectivity index (χ2n) is 4.85. The van der Waals surface area contributed by atoms with Crippen LogP contribution in [-0.4, -0.2) is 12.3 Å². The molecule has 0 heterocycles. The summed E-state index contributed by atoms with van der Waals surface area (Å²) >= 11 is 1.47. The summed E-state index contributed by atoms with van der Waals surface area (Å²) in [5.74, 6) is 0.267. The van der Waals surface area contributed by atoms with E-state index in [4.69, 9.17) is 0 Å². The van der Waals surface area contributed by atoms with Crippen molar-refractivity contribution in [3.05, 3.63) is 65.2 Å². The van der Waals surface area contributed by atoms with E-state index < -0.39 is 0 Å². The van der Waals surface area contributed by atoms with Gasteiger partial charge in [-0.25, -0.2) is 8.78 Å². The van der Waals surface area contributed by atoms with Gasteiger partial charge in [0, 0.05) is 16.7 Å². The fraction of sp³-hybridized carbons (Fsp3) is 0.294. The minimum absolute atomic E-state index is 0.0696. The Balaban J connectivity index is 2.14. The molecule has 0 amide bonds. The molecule has 0 radical (unpaired) electrons. The fourth-order valence-electron chi connectivity index (χ4n) is 2.27. The summed E-state index contributed by atoms with van der Waals surface area (Å²) in [6.45, 7) is 4.73. The maximum absolute atomic E-state index is 13.7. The summed E-state index contributed by atoms with van der Waals surface area (Å²) < 4.78 is 26.9. The van der Waals surface area contributed by atoms with Crippen molar-refractivity contribution in [2.75, 3.05) is 12.3 Å². The van der Waals surface area contributed by atoms with Crippen LogP contribution in [0.1, 0.15) is 24.1 Å². The summed E-state index contributed by atoms with van der Waals surface area (Å²) in [4.78, 5) is 0.639. The van der Waals surface area contributed by atoms with Gasteiger partial charge < -0.3 is 5.32 Å². The lowest BCUT2D eigenvalue weighted by molar-refractivity contribution is 0.590. The van der Waals surface area contributed by atoms with Crippen LogP contribution in [0.25, 0.3) is 0 Å². The zero-order valence-electron chi connectivity index (χ0n) is 12.2. The SMILES string of the molecule is CCNC(CSc1ccccc1F)c1ccc(F)cc1C. The van der Waals surface area contributed by atoms with Gasteiger partial charge in [-0.2, -0.15) is 0 Å². The lowest BCUT2D eigenvalue weighted by Gasteiger charge is -2.20. The van der Waals surface area contributed by atoms with Gasteiger partial charge in [-0.05, 0) is 48.9 Å². The second-order valence-corrected chi connectivity index (χ2v) is 5.91. The van der Waals surface area contributed by atoms with Gasteiger partial charge in [-0.15, -0.1) is 11.8 Å². The number of hydrogen-bond donors (Lipinski definition) is 1. The van der Waals surface area contributed by atoms with E-state index in [1.54, 1.807) is 18.2 Å². The molecule has 1 atom stereocenters. The molecule has 0 fully saturated rings. The number of rotatable bonds is 6. The molecule has 0 saturated heterocycles. The van der Waals surface area contributed by atoms with Crippen LogP contribution in [0.3, 0.4) is 0 Å². The molecule has 2 aromatic rings. The smallest absolute Gasteiger partial charge is 0.136 e. The van der Waals surface area contributed by atoms with E-state index in [-0.39, 0.29) is 17.7 Å². The molecule has 1 N–H and O–H groups in total. The minimum Gasteiger partial charge on any atom is -0.309 e. The van der Waals surface area contributed by atoms with Gasteiger partial charge in [0.25, 0.3) is 0 Å². The molecule has 0 spiro atoms. The van der Waals surface area contributed by atoms with Crippen molar-refractivity contribution >= 4 is 11.8 Å². The van der Waals surface area contributed by atoms with Crippen molar-refractivity contribution in [1.82, 2.24) is 5.32 Å². The van der Waals surface area contributed by atoms with Crippen LogP contribution < -0.4 is 5.32 Å². The van der Waals surface area contributed by atoms with Crippen LogP contribution in [0.4, 0.5) is 8.78 Å². The van der Waals surface area contributed by atoms with Crippen LogP contribution in [0, 0.1) is 18.6 Å². The summed E-state index contributed by atoms with van der Waals surface area (Å²) in [7, 11) is 0. The summed E-state index contributed by atoms with van der Waals surface area (Å²) in [6, 6.07) is 11.6. The largest absolute Gasteiger partial charge is 0.309 e. The molecule has 0 saturated carbocycles. The van der Waals surface area contributed by atoms with Gasteiger partial charge in [0.1, 0.15) is 11.6 Å². The first-order valence-corrected chi connectivity index (χ1v) is 7.97. The highest BCUT2D eigenvalue weighted by atomic mass is 32.2. The highest BCUT2D eigenvalue weighted by Crippen LogP contribution is 2.28. The fourth-order valence-corrected chi connectivity index (χ4v) is 3.29. The van der Waals surface area contributed by atoms with Gasteiger partial charge in [-0.3, -0.25) is 0 Å². The van der Waals surface area contributed by atoms with Crippen molar-refractivity contribution in [3.63, 3.8) is 0 Å². The minimum atomic E-state index is -0.228. The Kier molecular flexibility index (Phi) is 5.76. The Morgan fingerprint density at radius 2 is 1.90 bits per heavy atom. The third-order valence-electron chi connectivity index (χ3n) is 3.30. The summed E-state index contributed by atoms with van der Waals surface area (Å²) in [5.41, 5.74) is 1.97. The zero-order valence-corrected chi connectivity index (χ0v) is 13.0. The molecule has 0 aliphatic heterocycles. The van der Waals surface area contributed by atoms with Crippen LogP contribution in [0.15, 0.2) is 47.4 Å². The first kappa shape index (κ1) is 16.0. The first-order chi connectivity index (χ1) is 10.1. The Labute approximate surface area is 128 Å². The predicted octanol–water partition coefficient (Wildman–Crippen LogP) is 4.72. The summed E-state index contributed by atoms with van der Waals surface area (Å²) in [6.07, 6.45) is 0. The number of halogens is 2. The van der Waals surface area contributed by atoms with Crippen molar-refractivity contribution in [3.8, 4) is 0 Å². The monoisotopic (exact) mass is 307 g/mol. The standard InChI is InChI=1S/C17H19F2NS/c1-3-20-16(14-9-8-13(18)10-12(14)2)11-21-17-7-5-4-6-15(17)19/h4-10,16,20H,3,11H2,1-2H3. The quantitative estimate of drug-likeness (QED) is 0.775. The number of aryl methyl sites for hydroxylation is 1. The third kappa shape index (κ3) is 4.29. The number of nitrogens with one attached hydrogen (secondary N) is 1. The molecular weight excluding hydrogens is 288 g/mol. The Bertz CT molecular complexity index is 601. The maximum atomic E-state index is 13.7. The van der Waals surface area contributed by atoms with E-state index in [9.17, 15) is 8.78 Å². The molecule has 1 nitrogen and oxygen atoms in total. The average Bonchev–Trinajstić information content (AvgIpc) is 2.45. The topological polar surface area (TPSA) is 12.0 Å². The van der Waals surface area contributed by atoms with E-state index in [1.165, 1.54) is 30.0 Å². The van der Waals surface area contributed by atoms with Crippen LogP contribution in [0.2, 0.25) is 0 Å². The summed E-state index contributed by atoms with van der Waals surface area (Å²) in [5, 5.41) is 3.38. The number of hydrogen-bond acceptors (Lipinski definition) is 2.